The summed E-state index contributed by atoms with van der Waals surface area (Å²) >= 11 is 0. The first-order valence-corrected chi connectivity index (χ1v) is 11.5. The Morgan fingerprint density at radius 3 is 2.18 bits per heavy atom. The number of nitrogens with zero attached hydrogens (tertiary/aromatic N) is 1. The number of fused-ring (bicyclic) bond motifs is 3. The zero-order valence-corrected chi connectivity index (χ0v) is 19.3. The number of benzene rings is 2. The molecule has 0 fully saturated rings. The van der Waals surface area contributed by atoms with Crippen molar-refractivity contribution >= 4 is 18.0 Å². The SMILES string of the molecule is CCCN(CC(=O)O)C(=O)CC(CC)CNC(=O)OCC1c2ccccc2-c2ccccc21. The minimum Gasteiger partial charge on any atom is -0.480 e. The van der Waals surface area contributed by atoms with Crippen molar-refractivity contribution < 1.29 is 24.2 Å². The van der Waals surface area contributed by atoms with Crippen molar-refractivity contribution in [1.29, 1.82) is 0 Å². The van der Waals surface area contributed by atoms with Crippen LogP contribution < -0.4 is 5.32 Å². The average Bonchev–Trinajstić information content (AvgIpc) is 3.13. The van der Waals surface area contributed by atoms with E-state index in [-0.39, 0.29) is 37.3 Å². The summed E-state index contributed by atoms with van der Waals surface area (Å²) in [6.07, 6.45) is 1.04. The van der Waals surface area contributed by atoms with E-state index in [0.717, 1.165) is 11.1 Å². The summed E-state index contributed by atoms with van der Waals surface area (Å²) in [5, 5.41) is 11.8. The monoisotopic (exact) mass is 452 g/mol. The van der Waals surface area contributed by atoms with Crippen molar-refractivity contribution in [3.05, 3.63) is 59.7 Å². The molecule has 2 aromatic rings. The fourth-order valence-electron chi connectivity index (χ4n) is 4.34. The van der Waals surface area contributed by atoms with Gasteiger partial charge in [-0.25, -0.2) is 4.79 Å². The van der Waals surface area contributed by atoms with Crippen LogP contribution in [0, 0.1) is 5.92 Å². The number of carboxylic acids is 1. The van der Waals surface area contributed by atoms with Crippen LogP contribution >= 0.6 is 0 Å². The Hall–Kier alpha value is -3.35. The first-order valence-electron chi connectivity index (χ1n) is 11.5. The van der Waals surface area contributed by atoms with Crippen molar-refractivity contribution in [3.8, 4) is 11.1 Å². The lowest BCUT2D eigenvalue weighted by atomic mass is 9.98. The molecular weight excluding hydrogens is 420 g/mol. The molecule has 1 unspecified atom stereocenters. The van der Waals surface area contributed by atoms with Gasteiger partial charge >= 0.3 is 12.1 Å². The van der Waals surface area contributed by atoms with Gasteiger partial charge in [0.2, 0.25) is 5.91 Å². The van der Waals surface area contributed by atoms with Crippen LogP contribution in [0.15, 0.2) is 48.5 Å². The predicted octanol–water partition coefficient (Wildman–Crippen LogP) is 4.26. The maximum atomic E-state index is 12.5. The van der Waals surface area contributed by atoms with E-state index in [9.17, 15) is 14.4 Å². The molecular formula is C26H32N2O5. The number of nitrogens with one attached hydrogen (secondary N) is 1. The minimum absolute atomic E-state index is 0.00896. The highest BCUT2D eigenvalue weighted by Crippen LogP contribution is 2.44. The first-order chi connectivity index (χ1) is 15.9. The number of aliphatic carboxylic acids is 1. The number of hydrogen-bond acceptors (Lipinski definition) is 4. The molecule has 0 saturated carbocycles. The molecule has 7 nitrogen and oxygen atoms in total. The van der Waals surface area contributed by atoms with Crippen molar-refractivity contribution in [1.82, 2.24) is 10.2 Å². The summed E-state index contributed by atoms with van der Waals surface area (Å²) in [5.74, 6) is -1.33. The van der Waals surface area contributed by atoms with Crippen molar-refractivity contribution in [2.24, 2.45) is 5.92 Å². The molecule has 0 aromatic heterocycles. The number of ether oxygens (including phenoxy) is 1. The van der Waals surface area contributed by atoms with E-state index in [4.69, 9.17) is 9.84 Å². The number of carbonyl (C=O) groups excluding carboxylic acids is 2. The van der Waals surface area contributed by atoms with Gasteiger partial charge in [-0.05, 0) is 34.6 Å². The van der Waals surface area contributed by atoms with Gasteiger partial charge in [0.05, 0.1) is 0 Å². The van der Waals surface area contributed by atoms with Gasteiger partial charge in [0, 0.05) is 25.4 Å². The van der Waals surface area contributed by atoms with E-state index in [2.05, 4.69) is 29.6 Å². The number of amides is 2. The Kier molecular flexibility index (Phi) is 8.46. The van der Waals surface area contributed by atoms with Crippen molar-refractivity contribution in [3.63, 3.8) is 0 Å². The Morgan fingerprint density at radius 1 is 1.03 bits per heavy atom. The van der Waals surface area contributed by atoms with E-state index in [1.165, 1.54) is 16.0 Å². The van der Waals surface area contributed by atoms with Gasteiger partial charge in [-0.2, -0.15) is 0 Å². The molecule has 0 aliphatic heterocycles. The molecule has 33 heavy (non-hydrogen) atoms. The van der Waals surface area contributed by atoms with Crippen LogP contribution in [-0.2, 0) is 14.3 Å². The lowest BCUT2D eigenvalue weighted by Crippen LogP contribution is -2.39. The summed E-state index contributed by atoms with van der Waals surface area (Å²) in [6, 6.07) is 16.3. The smallest absolute Gasteiger partial charge is 0.407 e. The van der Waals surface area contributed by atoms with Crippen LogP contribution in [0.1, 0.15) is 50.2 Å². The van der Waals surface area contributed by atoms with E-state index in [1.807, 2.05) is 38.1 Å². The topological polar surface area (TPSA) is 95.9 Å². The Balaban J connectivity index is 1.53. The molecule has 0 heterocycles. The van der Waals surface area contributed by atoms with Gasteiger partial charge in [-0.3, -0.25) is 9.59 Å². The zero-order valence-electron chi connectivity index (χ0n) is 19.3. The van der Waals surface area contributed by atoms with Gasteiger partial charge in [0.15, 0.2) is 0 Å². The first kappa shape index (κ1) is 24.3. The Bertz CT molecular complexity index is 945. The maximum absolute atomic E-state index is 12.5. The highest BCUT2D eigenvalue weighted by Gasteiger charge is 2.29. The molecule has 0 saturated heterocycles. The standard InChI is InChI=1S/C26H32N2O5/c1-3-13-28(16-25(30)31)24(29)14-18(4-2)15-27-26(32)33-17-23-21-11-7-5-9-19(21)20-10-6-8-12-22(20)23/h5-12,18,23H,3-4,13-17H2,1-2H3,(H,27,32)(H,30,31). The summed E-state index contributed by atoms with van der Waals surface area (Å²) in [6.45, 7) is 4.48. The van der Waals surface area contributed by atoms with Crippen LogP contribution in [0.4, 0.5) is 4.79 Å². The number of hydrogen-bond donors (Lipinski definition) is 2. The molecule has 1 aliphatic rings. The van der Waals surface area contributed by atoms with E-state index in [1.54, 1.807) is 0 Å². The molecule has 7 heteroatoms. The van der Waals surface area contributed by atoms with Gasteiger partial charge in [-0.1, -0.05) is 68.8 Å². The molecule has 0 bridgehead atoms. The second-order valence-corrected chi connectivity index (χ2v) is 8.39. The van der Waals surface area contributed by atoms with Gasteiger partial charge in [0.25, 0.3) is 0 Å². The molecule has 2 N–H and O–H groups in total. The zero-order chi connectivity index (χ0) is 23.8. The van der Waals surface area contributed by atoms with Gasteiger partial charge < -0.3 is 20.1 Å². The molecule has 1 atom stereocenters. The molecule has 0 radical (unpaired) electrons. The highest BCUT2D eigenvalue weighted by molar-refractivity contribution is 5.81. The summed E-state index contributed by atoms with van der Waals surface area (Å²) in [5.41, 5.74) is 4.64. The maximum Gasteiger partial charge on any atom is 0.407 e. The molecule has 1 aliphatic carbocycles. The van der Waals surface area contributed by atoms with Crippen LogP contribution in [0.3, 0.4) is 0 Å². The molecule has 2 aromatic carbocycles. The van der Waals surface area contributed by atoms with Gasteiger partial charge in [0.1, 0.15) is 13.2 Å². The average molecular weight is 453 g/mol. The summed E-state index contributed by atoms with van der Waals surface area (Å²) in [4.78, 5) is 37.3. The second-order valence-electron chi connectivity index (χ2n) is 8.39. The minimum atomic E-state index is -1.03. The van der Waals surface area contributed by atoms with Crippen LogP contribution in [0.25, 0.3) is 11.1 Å². The molecule has 0 spiro atoms. The normalized spacial score (nSPS) is 13.0. The molecule has 2 amide bonds. The fraction of sp³-hybridized carbons (Fsp3) is 0.423. The number of carbonyl (C=O) groups is 3. The van der Waals surface area contributed by atoms with Crippen LogP contribution in [0.2, 0.25) is 0 Å². The third kappa shape index (κ3) is 6.12. The van der Waals surface area contributed by atoms with Crippen LogP contribution in [-0.4, -0.2) is 54.2 Å². The predicted molar refractivity (Wildman–Crippen MR) is 126 cm³/mol. The molecule has 3 rings (SSSR count). The third-order valence-corrected chi connectivity index (χ3v) is 6.09. The lowest BCUT2D eigenvalue weighted by Gasteiger charge is -2.23. The number of rotatable bonds is 11. The summed E-state index contributed by atoms with van der Waals surface area (Å²) < 4.78 is 5.56. The third-order valence-electron chi connectivity index (χ3n) is 6.09. The van der Waals surface area contributed by atoms with Crippen LogP contribution in [0.5, 0.6) is 0 Å². The van der Waals surface area contributed by atoms with Gasteiger partial charge in [-0.15, -0.1) is 0 Å². The van der Waals surface area contributed by atoms with Crippen molar-refractivity contribution in [2.75, 3.05) is 26.2 Å². The molecule has 176 valence electrons. The number of carboxylic acid groups (broad SMARTS) is 1. The fourth-order valence-corrected chi connectivity index (χ4v) is 4.34. The second kappa shape index (κ2) is 11.5. The Morgan fingerprint density at radius 2 is 1.64 bits per heavy atom. The largest absolute Gasteiger partial charge is 0.480 e. The number of alkyl carbamates (subject to hydrolysis) is 1. The van der Waals surface area contributed by atoms with Crippen molar-refractivity contribution in [2.45, 2.75) is 39.0 Å². The van der Waals surface area contributed by atoms with E-state index < -0.39 is 12.1 Å². The quantitative estimate of drug-likeness (QED) is 0.531. The Labute approximate surface area is 194 Å². The highest BCUT2D eigenvalue weighted by atomic mass is 16.5. The van der Waals surface area contributed by atoms with E-state index in [0.29, 0.717) is 25.9 Å². The summed E-state index contributed by atoms with van der Waals surface area (Å²) in [7, 11) is 0. The lowest BCUT2D eigenvalue weighted by molar-refractivity contribution is -0.144. The van der Waals surface area contributed by atoms with E-state index >= 15 is 0 Å².